The van der Waals surface area contributed by atoms with Crippen LogP contribution < -0.4 is 11.1 Å². The summed E-state index contributed by atoms with van der Waals surface area (Å²) in [5.74, 6) is -6.22. The Kier molecular flexibility index (Phi) is 20.2. The Hall–Kier alpha value is -7.75. The SMILES string of the molecule is CC(C)C[C@H](NC(=O)[C@H]1CCCN(C(=O)OCc2ccccc2)N1C(=O)[C@H](C)N(C)C(=O)[C@H]1CCCN(C(=O)OCc2ccccc2)N1C(=O)[C@@H]1CCCN(C(=O)OCc2ccccc2)N1C(=O)[C@H](N)C(C)C)C(=O)O. The second-order valence-electron chi connectivity index (χ2n) is 19.9. The van der Waals surface area contributed by atoms with Crippen molar-refractivity contribution in [2.45, 2.75) is 136 Å². The molecule has 0 saturated carbocycles. The van der Waals surface area contributed by atoms with Crippen LogP contribution in [0.2, 0.25) is 0 Å². The molecule has 0 spiro atoms. The molecule has 0 aromatic heterocycles. The number of hydrogen-bond acceptors (Lipinski definition) is 13. The number of benzene rings is 3. The topological polar surface area (TPSA) is 262 Å². The summed E-state index contributed by atoms with van der Waals surface area (Å²) in [7, 11) is 1.29. The minimum absolute atomic E-state index is 0.0112. The third kappa shape index (κ3) is 14.1. The Balaban J connectivity index is 1.35. The number of nitrogens with one attached hydrogen (secondary N) is 1. The number of hydrogen-bond donors (Lipinski definition) is 3. The van der Waals surface area contributed by atoms with Gasteiger partial charge >= 0.3 is 24.2 Å². The quantitative estimate of drug-likeness (QED) is 0.149. The standard InChI is InChI=1S/C54H71N9O13/c1-35(2)31-41(51(69)70)56-46(64)42-25-16-28-58(52(71)74-32-38-19-10-7-11-20-38)61(42)47(65)37(5)57(6)48(66)43-26-17-29-59(53(72)75-33-39-21-12-8-13-22-39)62(43)49(67)44-27-18-30-60(63(44)50(68)45(55)36(3)4)54(73)76-34-40-23-14-9-15-24-40/h7-15,19-24,35-37,41-45H,16-18,25-34,55H2,1-6H3,(H,56,64)(H,69,70)/t37-,41-,42+,43+,44-,45+/m0/s1. The lowest BCUT2D eigenvalue weighted by Gasteiger charge is -2.49. The molecule has 22 heteroatoms. The zero-order valence-corrected chi connectivity index (χ0v) is 44.0. The Morgan fingerprint density at radius 3 is 1.39 bits per heavy atom. The number of aliphatic carboxylic acids is 1. The first-order chi connectivity index (χ1) is 36.3. The number of ether oxygens (including phenoxy) is 3. The van der Waals surface area contributed by atoms with Crippen molar-refractivity contribution < 1.29 is 62.5 Å². The molecule has 6 atom stereocenters. The van der Waals surface area contributed by atoms with Crippen LogP contribution in [0.25, 0.3) is 0 Å². The first-order valence-electron chi connectivity index (χ1n) is 25.8. The van der Waals surface area contributed by atoms with Gasteiger partial charge in [0.05, 0.1) is 6.04 Å². The minimum Gasteiger partial charge on any atom is -0.480 e. The van der Waals surface area contributed by atoms with Crippen LogP contribution >= 0.6 is 0 Å². The summed E-state index contributed by atoms with van der Waals surface area (Å²) in [6, 6.07) is 17.9. The number of carbonyl (C=O) groups is 9. The molecule has 4 N–H and O–H groups in total. The number of nitrogens with two attached hydrogens (primary N) is 1. The third-order valence-electron chi connectivity index (χ3n) is 13.6. The molecule has 3 saturated heterocycles. The fourth-order valence-corrected chi connectivity index (χ4v) is 9.27. The van der Waals surface area contributed by atoms with Gasteiger partial charge in [-0.3, -0.25) is 24.0 Å². The molecule has 3 aromatic rings. The first kappa shape index (κ1) is 57.5. The Labute approximate surface area is 442 Å². The zero-order valence-electron chi connectivity index (χ0n) is 44.0. The highest BCUT2D eigenvalue weighted by Crippen LogP contribution is 2.30. The highest BCUT2D eigenvalue weighted by molar-refractivity contribution is 5.98. The fraction of sp³-hybridized carbons (Fsp3) is 0.500. The average molecular weight is 1050 g/mol. The van der Waals surface area contributed by atoms with E-state index in [1.54, 1.807) is 119 Å². The predicted molar refractivity (Wildman–Crippen MR) is 274 cm³/mol. The fourth-order valence-electron chi connectivity index (χ4n) is 9.27. The van der Waals surface area contributed by atoms with Gasteiger partial charge in [0, 0.05) is 26.7 Å². The number of amides is 8. The lowest BCUT2D eigenvalue weighted by molar-refractivity contribution is -0.186. The van der Waals surface area contributed by atoms with E-state index in [4.69, 9.17) is 19.9 Å². The molecule has 6 rings (SSSR count). The van der Waals surface area contributed by atoms with Crippen molar-refractivity contribution in [1.82, 2.24) is 40.3 Å². The normalized spacial score (nSPS) is 19.0. The summed E-state index contributed by atoms with van der Waals surface area (Å²) in [5, 5.41) is 18.4. The van der Waals surface area contributed by atoms with Crippen LogP contribution in [0.3, 0.4) is 0 Å². The molecule has 3 aromatic carbocycles. The Morgan fingerprint density at radius 1 is 0.592 bits per heavy atom. The number of hydrazine groups is 3. The number of carboxylic acids is 1. The lowest BCUT2D eigenvalue weighted by atomic mass is 9.99. The van der Waals surface area contributed by atoms with Gasteiger partial charge in [-0.2, -0.15) is 0 Å². The van der Waals surface area contributed by atoms with E-state index >= 15 is 14.4 Å². The molecular formula is C54H71N9O13. The molecule has 410 valence electrons. The lowest BCUT2D eigenvalue weighted by Crippen LogP contribution is -2.70. The molecule has 0 bridgehead atoms. The molecule has 3 fully saturated rings. The number of nitrogens with zero attached hydrogens (tertiary/aromatic N) is 7. The van der Waals surface area contributed by atoms with Crippen molar-refractivity contribution in [3.63, 3.8) is 0 Å². The summed E-state index contributed by atoms with van der Waals surface area (Å²) >= 11 is 0. The Morgan fingerprint density at radius 2 is 0.987 bits per heavy atom. The first-order valence-corrected chi connectivity index (χ1v) is 25.8. The van der Waals surface area contributed by atoms with E-state index in [0.29, 0.717) is 16.7 Å². The van der Waals surface area contributed by atoms with Gasteiger partial charge in [0.2, 0.25) is 11.8 Å². The highest BCUT2D eigenvalue weighted by Gasteiger charge is 2.51. The molecule has 76 heavy (non-hydrogen) atoms. The molecule has 3 aliphatic rings. The van der Waals surface area contributed by atoms with Crippen LogP contribution in [0, 0.1) is 11.8 Å². The van der Waals surface area contributed by atoms with Crippen molar-refractivity contribution in [2.24, 2.45) is 17.6 Å². The van der Waals surface area contributed by atoms with Crippen molar-refractivity contribution in [2.75, 3.05) is 26.7 Å². The summed E-state index contributed by atoms with van der Waals surface area (Å²) in [5.41, 5.74) is 8.39. The largest absolute Gasteiger partial charge is 0.480 e. The minimum atomic E-state index is -1.53. The number of rotatable bonds is 17. The molecule has 0 radical (unpaired) electrons. The van der Waals surface area contributed by atoms with Crippen molar-refractivity contribution in [3.8, 4) is 0 Å². The van der Waals surface area contributed by atoms with Gasteiger partial charge in [0.1, 0.15) is 50.0 Å². The highest BCUT2D eigenvalue weighted by atomic mass is 16.6. The summed E-state index contributed by atoms with van der Waals surface area (Å²) in [4.78, 5) is 130. The summed E-state index contributed by atoms with van der Waals surface area (Å²) < 4.78 is 17.1. The average Bonchev–Trinajstić information content (AvgIpc) is 3.44. The molecule has 3 heterocycles. The number of carboxylic acid groups (broad SMARTS) is 1. The monoisotopic (exact) mass is 1050 g/mol. The predicted octanol–water partition coefficient (Wildman–Crippen LogP) is 5.07. The van der Waals surface area contributed by atoms with Crippen LogP contribution in [-0.4, -0.2) is 157 Å². The molecule has 0 aliphatic carbocycles. The van der Waals surface area contributed by atoms with Gasteiger partial charge < -0.3 is 35.3 Å². The number of carbonyl (C=O) groups excluding carboxylic acids is 8. The van der Waals surface area contributed by atoms with Gasteiger partial charge in [-0.05, 0) is 80.4 Å². The van der Waals surface area contributed by atoms with E-state index < -0.39 is 96.0 Å². The smallest absolute Gasteiger partial charge is 0.429 e. The number of likely N-dealkylation sites (N-methyl/N-ethyl adjacent to an activating group) is 1. The van der Waals surface area contributed by atoms with E-state index in [-0.39, 0.29) is 90.3 Å². The van der Waals surface area contributed by atoms with Gasteiger partial charge in [-0.1, -0.05) is 119 Å². The van der Waals surface area contributed by atoms with E-state index in [2.05, 4.69) is 5.32 Å². The van der Waals surface area contributed by atoms with Gasteiger partial charge in [0.15, 0.2) is 0 Å². The summed E-state index contributed by atoms with van der Waals surface area (Å²) in [6.45, 7) is 7.56. The van der Waals surface area contributed by atoms with Crippen LogP contribution in [0.4, 0.5) is 14.4 Å². The van der Waals surface area contributed by atoms with Crippen LogP contribution in [0.5, 0.6) is 0 Å². The van der Waals surface area contributed by atoms with E-state index in [1.165, 1.54) is 14.0 Å². The maximum atomic E-state index is 15.6. The maximum Gasteiger partial charge on any atom is 0.429 e. The maximum absolute atomic E-state index is 15.6. The molecule has 0 unspecified atom stereocenters. The van der Waals surface area contributed by atoms with Crippen molar-refractivity contribution >= 4 is 53.8 Å². The zero-order chi connectivity index (χ0) is 55.2. The van der Waals surface area contributed by atoms with Crippen molar-refractivity contribution in [3.05, 3.63) is 108 Å². The van der Waals surface area contributed by atoms with E-state index in [0.717, 1.165) is 35.0 Å². The van der Waals surface area contributed by atoms with E-state index in [1.807, 2.05) is 0 Å². The van der Waals surface area contributed by atoms with Gasteiger partial charge in [-0.25, -0.2) is 49.2 Å². The van der Waals surface area contributed by atoms with E-state index in [9.17, 15) is 33.9 Å². The van der Waals surface area contributed by atoms with Crippen molar-refractivity contribution in [1.29, 1.82) is 0 Å². The second kappa shape index (κ2) is 26.6. The van der Waals surface area contributed by atoms with Crippen LogP contribution in [0.15, 0.2) is 91.0 Å². The van der Waals surface area contributed by atoms with Crippen LogP contribution in [0.1, 0.15) is 96.3 Å². The van der Waals surface area contributed by atoms with Crippen LogP contribution in [-0.2, 0) is 62.8 Å². The van der Waals surface area contributed by atoms with Gasteiger partial charge in [0.25, 0.3) is 17.7 Å². The summed E-state index contributed by atoms with van der Waals surface area (Å²) in [6.07, 6.45) is -2.35. The molecule has 8 amide bonds. The second-order valence-corrected chi connectivity index (χ2v) is 19.9. The molecular weight excluding hydrogens is 983 g/mol. The Bertz CT molecular complexity index is 2520. The van der Waals surface area contributed by atoms with Gasteiger partial charge in [-0.15, -0.1) is 0 Å². The molecule has 22 nitrogen and oxygen atoms in total. The molecule has 3 aliphatic heterocycles. The third-order valence-corrected chi connectivity index (χ3v) is 13.6.